The smallest absolute Gasteiger partial charge is 0.321 e. The van der Waals surface area contributed by atoms with Crippen molar-refractivity contribution in [3.63, 3.8) is 0 Å². The Morgan fingerprint density at radius 3 is 2.83 bits per heavy atom. The van der Waals surface area contributed by atoms with Crippen molar-refractivity contribution in [2.75, 3.05) is 24.4 Å². The normalized spacial score (nSPS) is 21.9. The van der Waals surface area contributed by atoms with Gasteiger partial charge in [0.15, 0.2) is 0 Å². The first kappa shape index (κ1) is 15.7. The van der Waals surface area contributed by atoms with Gasteiger partial charge in [-0.05, 0) is 31.3 Å². The summed E-state index contributed by atoms with van der Waals surface area (Å²) in [5.41, 5.74) is 0. The van der Waals surface area contributed by atoms with Crippen LogP contribution in [0.1, 0.15) is 19.3 Å². The Balaban J connectivity index is 2.52. The molecule has 18 heavy (non-hydrogen) atoms. The van der Waals surface area contributed by atoms with Gasteiger partial charge in [-0.2, -0.15) is 11.8 Å². The van der Waals surface area contributed by atoms with E-state index < -0.39 is 22.0 Å². The largest absolute Gasteiger partial charge is 0.480 e. The molecule has 6 nitrogen and oxygen atoms in total. The fraction of sp³-hybridized carbons (Fsp3) is 0.900. The van der Waals surface area contributed by atoms with Gasteiger partial charge in [0.2, 0.25) is 10.0 Å². The predicted octanol–water partition coefficient (Wildman–Crippen LogP) is 0.291. The lowest BCUT2D eigenvalue weighted by molar-refractivity contribution is -0.139. The summed E-state index contributed by atoms with van der Waals surface area (Å²) in [7, 11) is -3.60. The molecule has 106 valence electrons. The van der Waals surface area contributed by atoms with Gasteiger partial charge in [-0.3, -0.25) is 4.79 Å². The van der Waals surface area contributed by atoms with Crippen LogP contribution in [0.2, 0.25) is 0 Å². The van der Waals surface area contributed by atoms with E-state index in [0.717, 1.165) is 6.42 Å². The Kier molecular flexibility index (Phi) is 6.40. The third-order valence-corrected chi connectivity index (χ3v) is 4.76. The molecule has 1 saturated heterocycles. The average molecular weight is 297 g/mol. The standard InChI is InChI=1S/C10H19NO5S2/c1-17-6-4-9(10(12)13)11-18(14,15)7-8-3-2-5-16-8/h8-9,11H,2-7H2,1H3,(H,12,13). The Labute approximate surface area is 112 Å². The molecule has 1 fully saturated rings. The summed E-state index contributed by atoms with van der Waals surface area (Å²) in [5, 5.41) is 8.96. The van der Waals surface area contributed by atoms with Crippen LogP contribution in [0.25, 0.3) is 0 Å². The monoisotopic (exact) mass is 297 g/mol. The van der Waals surface area contributed by atoms with Crippen molar-refractivity contribution in [1.29, 1.82) is 0 Å². The number of aliphatic carboxylic acids is 1. The van der Waals surface area contributed by atoms with Crippen LogP contribution in [0.15, 0.2) is 0 Å². The van der Waals surface area contributed by atoms with Crippen LogP contribution in [0.4, 0.5) is 0 Å². The maximum atomic E-state index is 11.8. The van der Waals surface area contributed by atoms with E-state index in [9.17, 15) is 13.2 Å². The molecule has 1 heterocycles. The van der Waals surface area contributed by atoms with Gasteiger partial charge < -0.3 is 9.84 Å². The van der Waals surface area contributed by atoms with Gasteiger partial charge in [-0.25, -0.2) is 13.1 Å². The quantitative estimate of drug-likeness (QED) is 0.669. The number of carbonyl (C=O) groups is 1. The van der Waals surface area contributed by atoms with Gasteiger partial charge in [0, 0.05) is 6.61 Å². The molecule has 2 atom stereocenters. The topological polar surface area (TPSA) is 92.7 Å². The molecule has 2 N–H and O–H groups in total. The van der Waals surface area contributed by atoms with Crippen LogP contribution in [0.5, 0.6) is 0 Å². The summed E-state index contributed by atoms with van der Waals surface area (Å²) >= 11 is 1.48. The molecule has 0 radical (unpaired) electrons. The number of thioether (sulfide) groups is 1. The van der Waals surface area contributed by atoms with Gasteiger partial charge in [-0.15, -0.1) is 0 Å². The summed E-state index contributed by atoms with van der Waals surface area (Å²) in [6.07, 6.45) is 3.39. The Bertz CT molecular complexity index is 364. The minimum atomic E-state index is -3.60. The molecule has 0 amide bonds. The SMILES string of the molecule is CSCCC(NS(=O)(=O)CC1CCCO1)C(=O)O. The molecule has 2 unspecified atom stereocenters. The highest BCUT2D eigenvalue weighted by Gasteiger charge is 2.28. The second kappa shape index (κ2) is 7.32. The molecule has 0 aliphatic carbocycles. The number of ether oxygens (including phenoxy) is 1. The van der Waals surface area contributed by atoms with Crippen molar-refractivity contribution in [1.82, 2.24) is 4.72 Å². The lowest BCUT2D eigenvalue weighted by Crippen LogP contribution is -2.43. The van der Waals surface area contributed by atoms with E-state index in [1.165, 1.54) is 11.8 Å². The summed E-state index contributed by atoms with van der Waals surface area (Å²) < 4.78 is 31.1. The lowest BCUT2D eigenvalue weighted by Gasteiger charge is -2.16. The third kappa shape index (κ3) is 5.55. The Morgan fingerprint density at radius 2 is 2.33 bits per heavy atom. The summed E-state index contributed by atoms with van der Waals surface area (Å²) in [6.45, 7) is 0.578. The molecule has 0 saturated carbocycles. The van der Waals surface area contributed by atoms with Crippen molar-refractivity contribution >= 4 is 27.8 Å². The van der Waals surface area contributed by atoms with Gasteiger partial charge in [0.05, 0.1) is 11.9 Å². The van der Waals surface area contributed by atoms with Crippen molar-refractivity contribution in [2.45, 2.75) is 31.4 Å². The van der Waals surface area contributed by atoms with E-state index in [-0.39, 0.29) is 18.3 Å². The molecule has 1 aliphatic rings. The maximum Gasteiger partial charge on any atom is 0.321 e. The molecular weight excluding hydrogens is 278 g/mol. The first-order valence-electron chi connectivity index (χ1n) is 5.78. The van der Waals surface area contributed by atoms with Crippen LogP contribution < -0.4 is 4.72 Å². The number of carboxylic acids is 1. The van der Waals surface area contributed by atoms with E-state index in [1.807, 2.05) is 6.26 Å². The molecule has 0 spiro atoms. The van der Waals surface area contributed by atoms with Crippen molar-refractivity contribution in [3.05, 3.63) is 0 Å². The van der Waals surface area contributed by atoms with Crippen molar-refractivity contribution in [2.24, 2.45) is 0 Å². The van der Waals surface area contributed by atoms with Gasteiger partial charge in [0.25, 0.3) is 0 Å². The second-order valence-electron chi connectivity index (χ2n) is 4.21. The third-order valence-electron chi connectivity index (χ3n) is 2.66. The van der Waals surface area contributed by atoms with E-state index in [1.54, 1.807) is 0 Å². The zero-order valence-electron chi connectivity index (χ0n) is 10.3. The molecule has 8 heteroatoms. The Hall–Kier alpha value is -0.310. The summed E-state index contributed by atoms with van der Waals surface area (Å²) in [5.74, 6) is -0.699. The van der Waals surface area contributed by atoms with Crippen LogP contribution >= 0.6 is 11.8 Å². The molecule has 1 aliphatic heterocycles. The molecule has 0 aromatic heterocycles. The Morgan fingerprint density at radius 1 is 1.61 bits per heavy atom. The fourth-order valence-corrected chi connectivity index (χ4v) is 3.73. The zero-order valence-corrected chi connectivity index (χ0v) is 11.9. The first-order chi connectivity index (χ1) is 8.44. The molecule has 0 bridgehead atoms. The molecule has 1 rings (SSSR count). The number of nitrogens with one attached hydrogen (secondary N) is 1. The predicted molar refractivity (Wildman–Crippen MR) is 70.3 cm³/mol. The van der Waals surface area contributed by atoms with Crippen molar-refractivity contribution in [3.8, 4) is 0 Å². The highest BCUT2D eigenvalue weighted by molar-refractivity contribution is 7.98. The van der Waals surface area contributed by atoms with E-state index in [4.69, 9.17) is 9.84 Å². The lowest BCUT2D eigenvalue weighted by atomic mass is 10.2. The molecule has 0 aromatic rings. The molecular formula is C10H19NO5S2. The minimum Gasteiger partial charge on any atom is -0.480 e. The van der Waals surface area contributed by atoms with E-state index in [0.29, 0.717) is 18.8 Å². The van der Waals surface area contributed by atoms with E-state index in [2.05, 4.69) is 4.72 Å². The number of rotatable bonds is 8. The second-order valence-corrected chi connectivity index (χ2v) is 6.99. The number of sulfonamides is 1. The van der Waals surface area contributed by atoms with Crippen LogP contribution in [0, 0.1) is 0 Å². The summed E-state index contributed by atoms with van der Waals surface area (Å²) in [6, 6.07) is -1.05. The minimum absolute atomic E-state index is 0.157. The van der Waals surface area contributed by atoms with E-state index >= 15 is 0 Å². The fourth-order valence-electron chi connectivity index (χ4n) is 1.75. The first-order valence-corrected chi connectivity index (χ1v) is 8.82. The maximum absolute atomic E-state index is 11.8. The highest BCUT2D eigenvalue weighted by Crippen LogP contribution is 2.14. The number of carboxylic acid groups (broad SMARTS) is 1. The zero-order chi connectivity index (χ0) is 13.6. The molecule has 0 aromatic carbocycles. The van der Waals surface area contributed by atoms with Crippen LogP contribution in [0.3, 0.4) is 0 Å². The van der Waals surface area contributed by atoms with Gasteiger partial charge >= 0.3 is 5.97 Å². The number of hydrogen-bond donors (Lipinski definition) is 2. The number of hydrogen-bond acceptors (Lipinski definition) is 5. The van der Waals surface area contributed by atoms with Crippen LogP contribution in [-0.2, 0) is 19.6 Å². The van der Waals surface area contributed by atoms with Gasteiger partial charge in [-0.1, -0.05) is 0 Å². The summed E-state index contributed by atoms with van der Waals surface area (Å²) in [4.78, 5) is 11.0. The van der Waals surface area contributed by atoms with Crippen molar-refractivity contribution < 1.29 is 23.1 Å². The van der Waals surface area contributed by atoms with Gasteiger partial charge in [0.1, 0.15) is 6.04 Å². The highest BCUT2D eigenvalue weighted by atomic mass is 32.2. The van der Waals surface area contributed by atoms with Crippen LogP contribution in [-0.4, -0.2) is 56.0 Å². The average Bonchev–Trinajstić information content (AvgIpc) is 2.75.